The highest BCUT2D eigenvalue weighted by Gasteiger charge is 2.26. The molecule has 0 atom stereocenters. The molecule has 1 fully saturated rings. The predicted octanol–water partition coefficient (Wildman–Crippen LogP) is 2.82. The Labute approximate surface area is 138 Å². The van der Waals surface area contributed by atoms with Crippen molar-refractivity contribution in [1.82, 2.24) is 9.80 Å². The van der Waals surface area contributed by atoms with Gasteiger partial charge in [0.1, 0.15) is 0 Å². The van der Waals surface area contributed by atoms with Crippen molar-refractivity contribution in [2.24, 2.45) is 0 Å². The van der Waals surface area contributed by atoms with Gasteiger partial charge in [-0.3, -0.25) is 4.79 Å². The van der Waals surface area contributed by atoms with Crippen molar-refractivity contribution in [3.63, 3.8) is 0 Å². The van der Waals surface area contributed by atoms with Crippen LogP contribution in [0.5, 0.6) is 0 Å². The Kier molecular flexibility index (Phi) is 4.97. The van der Waals surface area contributed by atoms with E-state index in [-0.39, 0.29) is 17.4 Å². The van der Waals surface area contributed by atoms with Crippen LogP contribution in [0.15, 0.2) is 18.2 Å². The lowest BCUT2D eigenvalue weighted by Gasteiger charge is -2.34. The van der Waals surface area contributed by atoms with Crippen LogP contribution >= 0.6 is 0 Å². The summed E-state index contributed by atoms with van der Waals surface area (Å²) in [7, 11) is 1.38. The molecule has 0 unspecified atom stereocenters. The molecule has 1 aliphatic heterocycles. The minimum atomic E-state index is -0.331. The van der Waals surface area contributed by atoms with E-state index >= 15 is 0 Å². The van der Waals surface area contributed by atoms with Gasteiger partial charge in [0.05, 0.1) is 7.11 Å². The molecule has 0 aliphatic carbocycles. The van der Waals surface area contributed by atoms with Gasteiger partial charge in [0.2, 0.25) is 0 Å². The molecule has 2 amide bonds. The van der Waals surface area contributed by atoms with Gasteiger partial charge in [0.25, 0.3) is 5.91 Å². The number of nitrogens with zero attached hydrogens (tertiary/aromatic N) is 2. The summed E-state index contributed by atoms with van der Waals surface area (Å²) in [5.74, 6) is 0.0399. The Hall–Kier alpha value is -2.04. The molecule has 0 spiro atoms. The van der Waals surface area contributed by atoms with Gasteiger partial charge in [-0.2, -0.15) is 0 Å². The number of rotatable bonds is 1. The fourth-order valence-electron chi connectivity index (χ4n) is 2.71. The minimum Gasteiger partial charge on any atom is -0.453 e. The van der Waals surface area contributed by atoms with Gasteiger partial charge in [-0.15, -0.1) is 0 Å². The fraction of sp³-hybridized carbons (Fsp3) is 0.556. The van der Waals surface area contributed by atoms with Gasteiger partial charge in [-0.25, -0.2) is 4.79 Å². The Balaban J connectivity index is 2.14. The maximum absolute atomic E-state index is 12.8. The number of carbonyl (C=O) groups is 2. The highest BCUT2D eigenvalue weighted by Crippen LogP contribution is 2.25. The normalized spacial score (nSPS) is 15.5. The second-order valence-electron chi connectivity index (χ2n) is 7.03. The largest absolute Gasteiger partial charge is 0.453 e. The van der Waals surface area contributed by atoms with Gasteiger partial charge < -0.3 is 14.5 Å². The van der Waals surface area contributed by atoms with Crippen LogP contribution in [0, 0.1) is 6.92 Å². The average molecular weight is 318 g/mol. The van der Waals surface area contributed by atoms with Crippen LogP contribution in [0.1, 0.15) is 42.3 Å². The van der Waals surface area contributed by atoms with E-state index < -0.39 is 0 Å². The number of hydrogen-bond donors (Lipinski definition) is 0. The molecule has 0 saturated carbocycles. The molecule has 0 radical (unpaired) electrons. The number of ether oxygens (including phenoxy) is 1. The first-order valence-corrected chi connectivity index (χ1v) is 7.97. The van der Waals surface area contributed by atoms with E-state index in [1.165, 1.54) is 7.11 Å². The van der Waals surface area contributed by atoms with E-state index in [4.69, 9.17) is 4.74 Å². The Bertz CT molecular complexity index is 597. The highest BCUT2D eigenvalue weighted by molar-refractivity contribution is 5.96. The minimum absolute atomic E-state index is 0.00626. The summed E-state index contributed by atoms with van der Waals surface area (Å²) in [5.41, 5.74) is 2.90. The molecular weight excluding hydrogens is 292 g/mol. The van der Waals surface area contributed by atoms with Crippen molar-refractivity contribution >= 4 is 12.0 Å². The van der Waals surface area contributed by atoms with Crippen molar-refractivity contribution in [3.05, 3.63) is 34.9 Å². The summed E-state index contributed by atoms with van der Waals surface area (Å²) in [5, 5.41) is 0. The first kappa shape index (κ1) is 17.3. The topological polar surface area (TPSA) is 49.9 Å². The molecule has 5 heteroatoms. The van der Waals surface area contributed by atoms with Crippen molar-refractivity contribution in [3.8, 4) is 0 Å². The zero-order chi connectivity index (χ0) is 17.2. The molecule has 1 saturated heterocycles. The summed E-state index contributed by atoms with van der Waals surface area (Å²) < 4.78 is 4.73. The fourth-order valence-corrected chi connectivity index (χ4v) is 2.71. The molecule has 23 heavy (non-hydrogen) atoms. The summed E-state index contributed by atoms with van der Waals surface area (Å²) in [6.07, 6.45) is -0.331. The Morgan fingerprint density at radius 2 is 1.61 bits per heavy atom. The quantitative estimate of drug-likeness (QED) is 0.800. The van der Waals surface area contributed by atoms with Crippen molar-refractivity contribution in [1.29, 1.82) is 0 Å². The summed E-state index contributed by atoms with van der Waals surface area (Å²) in [6, 6.07) is 6.10. The van der Waals surface area contributed by atoms with Crippen LogP contribution in [0.25, 0.3) is 0 Å². The van der Waals surface area contributed by atoms with Crippen LogP contribution in [0.2, 0.25) is 0 Å². The zero-order valence-electron chi connectivity index (χ0n) is 14.7. The maximum Gasteiger partial charge on any atom is 0.409 e. The number of benzene rings is 1. The molecular formula is C18H26N2O3. The number of amides is 2. The number of methoxy groups -OCH3 is 1. The Morgan fingerprint density at radius 3 is 2.13 bits per heavy atom. The maximum atomic E-state index is 12.8. The molecule has 126 valence electrons. The average Bonchev–Trinajstić information content (AvgIpc) is 2.53. The monoisotopic (exact) mass is 318 g/mol. The van der Waals surface area contributed by atoms with Crippen LogP contribution in [0.3, 0.4) is 0 Å². The second kappa shape index (κ2) is 6.60. The third-order valence-electron chi connectivity index (χ3n) is 4.33. The predicted molar refractivity (Wildman–Crippen MR) is 89.8 cm³/mol. The van der Waals surface area contributed by atoms with Crippen molar-refractivity contribution in [2.75, 3.05) is 33.3 Å². The van der Waals surface area contributed by atoms with Crippen molar-refractivity contribution < 1.29 is 14.3 Å². The van der Waals surface area contributed by atoms with Gasteiger partial charge >= 0.3 is 6.09 Å². The lowest BCUT2D eigenvalue weighted by molar-refractivity contribution is 0.0599. The molecule has 5 nitrogen and oxygen atoms in total. The molecule has 2 rings (SSSR count). The molecule has 0 aromatic heterocycles. The molecule has 0 N–H and O–H groups in total. The van der Waals surface area contributed by atoms with Gasteiger partial charge in [-0.1, -0.05) is 32.9 Å². The number of aryl methyl sites for hydroxylation is 1. The molecule has 0 bridgehead atoms. The van der Waals surface area contributed by atoms with E-state index in [9.17, 15) is 9.59 Å². The highest BCUT2D eigenvalue weighted by atomic mass is 16.5. The first-order valence-electron chi connectivity index (χ1n) is 7.97. The van der Waals surface area contributed by atoms with Crippen LogP contribution in [-0.2, 0) is 10.2 Å². The van der Waals surface area contributed by atoms with Crippen LogP contribution in [-0.4, -0.2) is 55.1 Å². The standard InChI is InChI=1S/C18H26N2O3/c1-13-6-7-14(18(2,3)4)12-15(13)16(21)19-8-10-20(11-9-19)17(22)23-5/h6-7,12H,8-11H2,1-5H3. The van der Waals surface area contributed by atoms with Gasteiger partial charge in [0, 0.05) is 31.7 Å². The van der Waals surface area contributed by atoms with Crippen LogP contribution < -0.4 is 0 Å². The SMILES string of the molecule is COC(=O)N1CCN(C(=O)c2cc(C(C)(C)C)ccc2C)CC1. The third kappa shape index (κ3) is 3.84. The summed E-state index contributed by atoms with van der Waals surface area (Å²) >= 11 is 0. The van der Waals surface area contributed by atoms with E-state index in [0.29, 0.717) is 26.2 Å². The smallest absolute Gasteiger partial charge is 0.409 e. The number of piperazine rings is 1. The Morgan fingerprint density at radius 1 is 1.04 bits per heavy atom. The molecule has 1 aromatic rings. The van der Waals surface area contributed by atoms with Crippen molar-refractivity contribution in [2.45, 2.75) is 33.1 Å². The molecule has 1 aromatic carbocycles. The van der Waals surface area contributed by atoms with E-state index in [0.717, 1.165) is 16.7 Å². The first-order chi connectivity index (χ1) is 10.7. The lowest BCUT2D eigenvalue weighted by Crippen LogP contribution is -2.50. The molecule has 1 aliphatic rings. The lowest BCUT2D eigenvalue weighted by atomic mass is 9.85. The number of hydrogen-bond acceptors (Lipinski definition) is 3. The third-order valence-corrected chi connectivity index (χ3v) is 4.33. The summed E-state index contributed by atoms with van der Waals surface area (Å²) in [4.78, 5) is 27.8. The van der Waals surface area contributed by atoms with E-state index in [1.807, 2.05) is 24.0 Å². The second-order valence-corrected chi connectivity index (χ2v) is 7.03. The van der Waals surface area contributed by atoms with E-state index in [1.54, 1.807) is 4.90 Å². The number of carbonyl (C=O) groups excluding carboxylic acids is 2. The van der Waals surface area contributed by atoms with Gasteiger partial charge in [0.15, 0.2) is 0 Å². The molecule has 1 heterocycles. The van der Waals surface area contributed by atoms with E-state index in [2.05, 4.69) is 26.8 Å². The van der Waals surface area contributed by atoms with Gasteiger partial charge in [-0.05, 0) is 29.5 Å². The summed E-state index contributed by atoms with van der Waals surface area (Å²) in [6.45, 7) is 10.5. The zero-order valence-corrected chi connectivity index (χ0v) is 14.7. The van der Waals surface area contributed by atoms with Crippen LogP contribution in [0.4, 0.5) is 4.79 Å².